The van der Waals surface area contributed by atoms with Crippen molar-refractivity contribution in [3.05, 3.63) is 84.1 Å². The molecule has 2 aliphatic rings. The summed E-state index contributed by atoms with van der Waals surface area (Å²) in [7, 11) is 0. The quantitative estimate of drug-likeness (QED) is 0.417. The number of hydrogen-bond acceptors (Lipinski definition) is 6. The Morgan fingerprint density at radius 1 is 1.06 bits per heavy atom. The average Bonchev–Trinajstić information content (AvgIpc) is 3.52. The SMILES string of the molecule is CC1CC(=O)NC(n2nc(-c3ccco3)cc2NC(=O)C2c3ccccc3Oc3ccccc32)N1. The van der Waals surface area contributed by atoms with E-state index in [0.29, 0.717) is 35.2 Å². The van der Waals surface area contributed by atoms with E-state index in [0.717, 1.165) is 11.1 Å². The minimum Gasteiger partial charge on any atom is -0.463 e. The molecule has 0 radical (unpaired) electrons. The fourth-order valence-corrected chi connectivity index (χ4v) is 4.61. The van der Waals surface area contributed by atoms with Crippen molar-refractivity contribution in [3.63, 3.8) is 0 Å². The number of anilines is 1. The molecule has 2 aliphatic heterocycles. The number of nitrogens with one attached hydrogen (secondary N) is 3. The number of carbonyl (C=O) groups is 2. The summed E-state index contributed by atoms with van der Waals surface area (Å²) < 4.78 is 13.1. The van der Waals surface area contributed by atoms with Gasteiger partial charge in [-0.2, -0.15) is 5.10 Å². The highest BCUT2D eigenvalue weighted by atomic mass is 16.5. The molecular weight excluding hydrogens is 446 g/mol. The van der Waals surface area contributed by atoms with Gasteiger partial charge in [0, 0.05) is 29.7 Å². The van der Waals surface area contributed by atoms with Crippen molar-refractivity contribution in [2.75, 3.05) is 5.32 Å². The number of hydrogen-bond donors (Lipinski definition) is 3. The van der Waals surface area contributed by atoms with Crippen LogP contribution in [-0.2, 0) is 9.59 Å². The zero-order chi connectivity index (χ0) is 23.9. The van der Waals surface area contributed by atoms with Gasteiger partial charge in [0.15, 0.2) is 12.0 Å². The third-order valence-corrected chi connectivity index (χ3v) is 6.18. The van der Waals surface area contributed by atoms with Crippen LogP contribution in [0.3, 0.4) is 0 Å². The molecule has 2 amide bonds. The highest BCUT2D eigenvalue weighted by Gasteiger charge is 2.34. The molecule has 2 unspecified atom stereocenters. The minimum absolute atomic E-state index is 0.0530. The molecule has 9 nitrogen and oxygen atoms in total. The predicted molar refractivity (Wildman–Crippen MR) is 128 cm³/mol. The monoisotopic (exact) mass is 469 g/mol. The predicted octanol–water partition coefficient (Wildman–Crippen LogP) is 3.97. The molecule has 2 aromatic heterocycles. The summed E-state index contributed by atoms with van der Waals surface area (Å²) in [4.78, 5) is 26.0. The number of fused-ring (bicyclic) bond motifs is 2. The van der Waals surface area contributed by atoms with Gasteiger partial charge in [-0.15, -0.1) is 0 Å². The molecule has 35 heavy (non-hydrogen) atoms. The first-order valence-corrected chi connectivity index (χ1v) is 11.4. The number of benzene rings is 2. The van der Waals surface area contributed by atoms with E-state index >= 15 is 0 Å². The Labute approximate surface area is 201 Å². The number of amides is 2. The fourth-order valence-electron chi connectivity index (χ4n) is 4.61. The third-order valence-electron chi connectivity index (χ3n) is 6.18. The standard InChI is InChI=1S/C26H23N5O4/c1-15-13-23(32)29-26(27-15)31-22(14-18(30-31)21-11-6-12-34-21)28-25(33)24-16-7-2-4-9-19(16)35-20-10-5-3-8-17(20)24/h2-12,14-15,24,26-27H,13H2,1H3,(H,28,33)(H,29,32). The normalized spacial score (nSPS) is 19.3. The highest BCUT2D eigenvalue weighted by molar-refractivity contribution is 5.99. The van der Waals surface area contributed by atoms with Gasteiger partial charge >= 0.3 is 0 Å². The topological polar surface area (TPSA) is 110 Å². The van der Waals surface area contributed by atoms with E-state index in [4.69, 9.17) is 9.15 Å². The average molecular weight is 470 g/mol. The molecule has 6 rings (SSSR count). The molecule has 0 aliphatic carbocycles. The molecule has 1 fully saturated rings. The summed E-state index contributed by atoms with van der Waals surface area (Å²) in [5.74, 6) is 1.35. The van der Waals surface area contributed by atoms with Crippen molar-refractivity contribution in [1.82, 2.24) is 20.4 Å². The van der Waals surface area contributed by atoms with Crippen molar-refractivity contribution in [1.29, 1.82) is 0 Å². The third kappa shape index (κ3) is 3.85. The lowest BCUT2D eigenvalue weighted by Crippen LogP contribution is -2.52. The molecule has 0 spiro atoms. The molecule has 1 saturated heterocycles. The van der Waals surface area contributed by atoms with Crippen LogP contribution in [0.15, 0.2) is 77.4 Å². The van der Waals surface area contributed by atoms with Crippen LogP contribution in [0.1, 0.15) is 36.7 Å². The van der Waals surface area contributed by atoms with Crippen LogP contribution < -0.4 is 20.7 Å². The Bertz CT molecular complexity index is 1370. The zero-order valence-corrected chi connectivity index (χ0v) is 18.9. The van der Waals surface area contributed by atoms with Crippen LogP contribution in [0, 0.1) is 0 Å². The molecule has 4 heterocycles. The molecule has 4 aromatic rings. The lowest BCUT2D eigenvalue weighted by atomic mass is 9.87. The summed E-state index contributed by atoms with van der Waals surface area (Å²) in [6, 6.07) is 20.3. The number of para-hydroxylation sites is 2. The van der Waals surface area contributed by atoms with Crippen LogP contribution in [0.5, 0.6) is 11.5 Å². The first kappa shape index (κ1) is 21.2. The van der Waals surface area contributed by atoms with Crippen LogP contribution in [0.25, 0.3) is 11.5 Å². The van der Waals surface area contributed by atoms with Crippen LogP contribution in [0.2, 0.25) is 0 Å². The lowest BCUT2D eigenvalue weighted by Gasteiger charge is -2.31. The Morgan fingerprint density at radius 2 is 1.77 bits per heavy atom. The maximum atomic E-state index is 13.8. The molecule has 3 N–H and O–H groups in total. The summed E-state index contributed by atoms with van der Waals surface area (Å²) in [5.41, 5.74) is 2.09. The van der Waals surface area contributed by atoms with Gasteiger partial charge < -0.3 is 19.8 Å². The van der Waals surface area contributed by atoms with Gasteiger partial charge in [-0.25, -0.2) is 4.68 Å². The molecule has 0 saturated carbocycles. The number of rotatable bonds is 4. The van der Waals surface area contributed by atoms with Crippen LogP contribution >= 0.6 is 0 Å². The number of aromatic nitrogens is 2. The van der Waals surface area contributed by atoms with Crippen molar-refractivity contribution < 1.29 is 18.7 Å². The van der Waals surface area contributed by atoms with Crippen LogP contribution in [0.4, 0.5) is 5.82 Å². The molecule has 176 valence electrons. The van der Waals surface area contributed by atoms with Gasteiger partial charge in [-0.05, 0) is 31.2 Å². The fraction of sp³-hybridized carbons (Fsp3) is 0.192. The Hall–Kier alpha value is -4.37. The van der Waals surface area contributed by atoms with Crippen molar-refractivity contribution in [2.24, 2.45) is 0 Å². The Kier molecular flexibility index (Phi) is 5.11. The molecule has 0 bridgehead atoms. The summed E-state index contributed by atoms with van der Waals surface area (Å²) in [6.45, 7) is 1.93. The lowest BCUT2D eigenvalue weighted by molar-refractivity contribution is -0.125. The molecular formula is C26H23N5O4. The van der Waals surface area contributed by atoms with E-state index in [2.05, 4.69) is 21.0 Å². The first-order chi connectivity index (χ1) is 17.1. The van der Waals surface area contributed by atoms with E-state index in [1.165, 1.54) is 0 Å². The number of nitrogens with zero attached hydrogens (tertiary/aromatic N) is 2. The van der Waals surface area contributed by atoms with Gasteiger partial charge in [0.2, 0.25) is 11.8 Å². The second-order valence-electron chi connectivity index (χ2n) is 8.68. The van der Waals surface area contributed by atoms with Crippen molar-refractivity contribution in [3.8, 4) is 23.0 Å². The van der Waals surface area contributed by atoms with Crippen molar-refractivity contribution >= 4 is 17.6 Å². The Morgan fingerprint density at radius 3 is 2.43 bits per heavy atom. The zero-order valence-electron chi connectivity index (χ0n) is 18.9. The van der Waals surface area contributed by atoms with E-state index in [9.17, 15) is 9.59 Å². The highest BCUT2D eigenvalue weighted by Crippen LogP contribution is 2.44. The van der Waals surface area contributed by atoms with E-state index in [-0.39, 0.29) is 17.9 Å². The first-order valence-electron chi connectivity index (χ1n) is 11.4. The number of carbonyl (C=O) groups excluding carboxylic acids is 2. The summed E-state index contributed by atoms with van der Waals surface area (Å²) in [5, 5.41) is 13.9. The molecule has 2 atom stereocenters. The smallest absolute Gasteiger partial charge is 0.237 e. The van der Waals surface area contributed by atoms with E-state index in [1.807, 2.05) is 55.5 Å². The number of furan rings is 1. The minimum atomic E-state index is -0.625. The summed E-state index contributed by atoms with van der Waals surface area (Å²) in [6.07, 6.45) is 1.30. The number of ether oxygens (including phenoxy) is 1. The van der Waals surface area contributed by atoms with Gasteiger partial charge in [-0.3, -0.25) is 14.9 Å². The second-order valence-corrected chi connectivity index (χ2v) is 8.68. The van der Waals surface area contributed by atoms with E-state index in [1.54, 1.807) is 29.1 Å². The van der Waals surface area contributed by atoms with Gasteiger partial charge in [0.05, 0.1) is 12.2 Å². The summed E-state index contributed by atoms with van der Waals surface area (Å²) >= 11 is 0. The van der Waals surface area contributed by atoms with Crippen LogP contribution in [-0.4, -0.2) is 27.6 Å². The Balaban J connectivity index is 1.39. The van der Waals surface area contributed by atoms with Crippen molar-refractivity contribution in [2.45, 2.75) is 31.6 Å². The second kappa shape index (κ2) is 8.44. The molecule has 9 heteroatoms. The van der Waals surface area contributed by atoms with Gasteiger partial charge in [0.25, 0.3) is 0 Å². The van der Waals surface area contributed by atoms with Gasteiger partial charge in [-0.1, -0.05) is 36.4 Å². The molecule has 2 aromatic carbocycles. The van der Waals surface area contributed by atoms with Gasteiger partial charge in [0.1, 0.15) is 23.0 Å². The van der Waals surface area contributed by atoms with E-state index < -0.39 is 12.2 Å². The maximum Gasteiger partial charge on any atom is 0.237 e. The largest absolute Gasteiger partial charge is 0.463 e. The maximum absolute atomic E-state index is 13.8.